The monoisotopic (exact) mass is 361 g/mol. The molecule has 0 aromatic heterocycles. The molecule has 0 amide bonds. The van der Waals surface area contributed by atoms with E-state index in [9.17, 15) is 22.0 Å². The lowest BCUT2D eigenvalue weighted by Gasteiger charge is -2.11. The first-order valence-corrected chi connectivity index (χ1v) is 7.97. The highest BCUT2D eigenvalue weighted by Gasteiger charge is 2.23. The molecule has 1 N–H and O–H groups in total. The van der Waals surface area contributed by atoms with Crippen LogP contribution in [0.4, 0.5) is 14.5 Å². The highest BCUT2D eigenvalue weighted by Crippen LogP contribution is 2.26. The van der Waals surface area contributed by atoms with Crippen LogP contribution >= 0.6 is 11.6 Å². The Kier molecular flexibility index (Phi) is 4.86. The second-order valence-corrected chi connectivity index (χ2v) is 6.40. The van der Waals surface area contributed by atoms with E-state index in [1.165, 1.54) is 12.1 Å². The lowest BCUT2D eigenvalue weighted by molar-refractivity contribution is 0.0600. The van der Waals surface area contributed by atoms with Gasteiger partial charge < -0.3 is 4.74 Å². The number of sulfonamides is 1. The summed E-state index contributed by atoms with van der Waals surface area (Å²) in [5, 5.41) is -0.297. The zero-order valence-corrected chi connectivity index (χ0v) is 13.2. The second kappa shape index (κ2) is 6.51. The third kappa shape index (κ3) is 3.59. The van der Waals surface area contributed by atoms with Gasteiger partial charge in [0.05, 0.1) is 23.4 Å². The molecule has 0 radical (unpaired) electrons. The van der Waals surface area contributed by atoms with Gasteiger partial charge in [-0.3, -0.25) is 4.72 Å². The molecule has 2 rings (SSSR count). The fraction of sp³-hybridized carbons (Fsp3) is 0.0714. The maximum Gasteiger partial charge on any atom is 0.337 e. The molecular weight excluding hydrogens is 352 g/mol. The van der Waals surface area contributed by atoms with Crippen molar-refractivity contribution >= 4 is 33.3 Å². The van der Waals surface area contributed by atoms with Crippen LogP contribution in [0.15, 0.2) is 41.3 Å². The molecule has 0 aliphatic heterocycles. The van der Waals surface area contributed by atoms with Gasteiger partial charge in [0.25, 0.3) is 10.0 Å². The largest absolute Gasteiger partial charge is 0.465 e. The molecule has 122 valence electrons. The molecule has 9 heteroatoms. The number of carbonyl (C=O) groups excluding carboxylic acids is 1. The molecule has 0 spiro atoms. The summed E-state index contributed by atoms with van der Waals surface area (Å²) < 4.78 is 58.4. The molecule has 2 aromatic carbocycles. The highest BCUT2D eigenvalue weighted by molar-refractivity contribution is 7.92. The summed E-state index contributed by atoms with van der Waals surface area (Å²) in [6.07, 6.45) is 0. The molecule has 0 bridgehead atoms. The van der Waals surface area contributed by atoms with Crippen molar-refractivity contribution in [2.45, 2.75) is 4.90 Å². The number of hydrogen-bond donors (Lipinski definition) is 1. The topological polar surface area (TPSA) is 72.5 Å². The van der Waals surface area contributed by atoms with E-state index in [4.69, 9.17) is 11.6 Å². The van der Waals surface area contributed by atoms with Crippen LogP contribution in [0.2, 0.25) is 5.02 Å². The fourth-order valence-electron chi connectivity index (χ4n) is 1.74. The Morgan fingerprint density at radius 2 is 1.91 bits per heavy atom. The zero-order valence-electron chi connectivity index (χ0n) is 11.6. The highest BCUT2D eigenvalue weighted by atomic mass is 35.5. The van der Waals surface area contributed by atoms with E-state index in [1.54, 1.807) is 0 Å². The summed E-state index contributed by atoms with van der Waals surface area (Å²) in [4.78, 5) is 10.6. The number of rotatable bonds is 4. The van der Waals surface area contributed by atoms with Gasteiger partial charge in [0.1, 0.15) is 10.7 Å². The summed E-state index contributed by atoms with van der Waals surface area (Å²) in [5.74, 6) is -2.94. The lowest BCUT2D eigenvalue weighted by Crippen LogP contribution is -2.16. The van der Waals surface area contributed by atoms with E-state index in [0.29, 0.717) is 0 Å². The number of halogens is 3. The normalized spacial score (nSPS) is 11.1. The van der Waals surface area contributed by atoms with Gasteiger partial charge in [0, 0.05) is 0 Å². The Balaban J connectivity index is 2.47. The molecule has 0 aliphatic rings. The lowest BCUT2D eigenvalue weighted by atomic mass is 10.2. The molecule has 0 heterocycles. The Morgan fingerprint density at radius 3 is 2.57 bits per heavy atom. The second-order valence-electron chi connectivity index (χ2n) is 4.34. The molecule has 5 nitrogen and oxygen atoms in total. The summed E-state index contributed by atoms with van der Waals surface area (Å²) >= 11 is 5.56. The van der Waals surface area contributed by atoms with E-state index in [0.717, 1.165) is 31.4 Å². The van der Waals surface area contributed by atoms with Crippen LogP contribution in [0, 0.1) is 11.6 Å². The SMILES string of the molecule is COC(=O)c1ccc(F)c(S(=O)(=O)Nc2cccc(Cl)c2F)c1. The number of nitrogens with one attached hydrogen (secondary N) is 1. The van der Waals surface area contributed by atoms with Crippen molar-refractivity contribution in [3.63, 3.8) is 0 Å². The van der Waals surface area contributed by atoms with Crippen LogP contribution in [0.1, 0.15) is 10.4 Å². The quantitative estimate of drug-likeness (QED) is 0.849. The summed E-state index contributed by atoms with van der Waals surface area (Å²) in [7, 11) is -3.38. The molecule has 0 saturated carbocycles. The number of anilines is 1. The summed E-state index contributed by atoms with van der Waals surface area (Å²) in [6, 6.07) is 6.35. The first-order chi connectivity index (χ1) is 10.8. The maximum atomic E-state index is 13.8. The predicted octanol–water partition coefficient (Wildman–Crippen LogP) is 3.21. The molecular formula is C14H10ClF2NO4S. The number of carbonyl (C=O) groups is 1. The van der Waals surface area contributed by atoms with Crippen LogP contribution in [-0.2, 0) is 14.8 Å². The first-order valence-electron chi connectivity index (χ1n) is 6.11. The molecule has 0 fully saturated rings. The van der Waals surface area contributed by atoms with Crippen molar-refractivity contribution in [1.82, 2.24) is 0 Å². The minimum Gasteiger partial charge on any atom is -0.465 e. The van der Waals surface area contributed by atoms with Gasteiger partial charge in [-0.1, -0.05) is 17.7 Å². The number of ether oxygens (including phenoxy) is 1. The minimum atomic E-state index is -4.48. The molecule has 0 unspecified atom stereocenters. The van der Waals surface area contributed by atoms with Gasteiger partial charge in [-0.05, 0) is 30.3 Å². The van der Waals surface area contributed by atoms with Gasteiger partial charge in [-0.25, -0.2) is 22.0 Å². The third-order valence-electron chi connectivity index (χ3n) is 2.84. The van der Waals surface area contributed by atoms with Crippen LogP contribution < -0.4 is 4.72 Å². The number of methoxy groups -OCH3 is 1. The van der Waals surface area contributed by atoms with E-state index in [2.05, 4.69) is 4.74 Å². The van der Waals surface area contributed by atoms with E-state index in [1.807, 2.05) is 4.72 Å². The van der Waals surface area contributed by atoms with Gasteiger partial charge in [-0.2, -0.15) is 0 Å². The van der Waals surface area contributed by atoms with Crippen LogP contribution in [0.25, 0.3) is 0 Å². The summed E-state index contributed by atoms with van der Waals surface area (Å²) in [5.41, 5.74) is -0.610. The first kappa shape index (κ1) is 17.2. The Labute approximate surface area is 135 Å². The third-order valence-corrected chi connectivity index (χ3v) is 4.51. The minimum absolute atomic E-state index is 0.166. The van der Waals surface area contributed by atoms with Crippen LogP contribution in [0.5, 0.6) is 0 Å². The van der Waals surface area contributed by atoms with Crippen LogP contribution in [0.3, 0.4) is 0 Å². The average Bonchev–Trinajstić information content (AvgIpc) is 2.51. The van der Waals surface area contributed by atoms with Crippen molar-refractivity contribution in [1.29, 1.82) is 0 Å². The number of hydrogen-bond acceptors (Lipinski definition) is 4. The average molecular weight is 362 g/mol. The predicted molar refractivity (Wildman–Crippen MR) is 80.0 cm³/mol. The Morgan fingerprint density at radius 1 is 1.22 bits per heavy atom. The van der Waals surface area contributed by atoms with Gasteiger partial charge >= 0.3 is 5.97 Å². The van der Waals surface area contributed by atoms with Gasteiger partial charge in [-0.15, -0.1) is 0 Å². The molecule has 23 heavy (non-hydrogen) atoms. The van der Waals surface area contributed by atoms with Crippen molar-refractivity contribution in [3.05, 3.63) is 58.6 Å². The maximum absolute atomic E-state index is 13.8. The molecule has 0 saturated heterocycles. The molecule has 2 aromatic rings. The standard InChI is InChI=1S/C14H10ClF2NO4S/c1-22-14(19)8-5-6-10(16)12(7-8)23(20,21)18-11-4-2-3-9(15)13(11)17/h2-7,18H,1H3. The van der Waals surface area contributed by atoms with E-state index < -0.39 is 38.2 Å². The van der Waals surface area contributed by atoms with Crippen LogP contribution in [-0.4, -0.2) is 21.5 Å². The van der Waals surface area contributed by atoms with Crippen molar-refractivity contribution in [2.24, 2.45) is 0 Å². The Hall–Kier alpha value is -2.19. The number of benzene rings is 2. The Bertz CT molecular complexity index is 871. The summed E-state index contributed by atoms with van der Waals surface area (Å²) in [6.45, 7) is 0. The smallest absolute Gasteiger partial charge is 0.337 e. The van der Waals surface area contributed by atoms with Gasteiger partial charge in [0.15, 0.2) is 5.82 Å². The molecule has 0 atom stereocenters. The van der Waals surface area contributed by atoms with E-state index >= 15 is 0 Å². The fourth-order valence-corrected chi connectivity index (χ4v) is 3.08. The number of esters is 1. The van der Waals surface area contributed by atoms with Crippen molar-refractivity contribution in [2.75, 3.05) is 11.8 Å². The van der Waals surface area contributed by atoms with Crippen molar-refractivity contribution < 1.29 is 26.7 Å². The zero-order chi connectivity index (χ0) is 17.2. The molecule has 0 aliphatic carbocycles. The van der Waals surface area contributed by atoms with E-state index in [-0.39, 0.29) is 10.6 Å². The van der Waals surface area contributed by atoms with Crippen molar-refractivity contribution in [3.8, 4) is 0 Å². The van der Waals surface area contributed by atoms with Gasteiger partial charge in [0.2, 0.25) is 0 Å².